The van der Waals surface area contributed by atoms with E-state index in [4.69, 9.17) is 4.74 Å². The molecule has 0 unspecified atom stereocenters. The Morgan fingerprint density at radius 3 is 2.88 bits per heavy atom. The van der Waals surface area contributed by atoms with Gasteiger partial charge in [-0.3, -0.25) is 4.79 Å². The fourth-order valence-corrected chi connectivity index (χ4v) is 2.22. The predicted molar refractivity (Wildman–Crippen MR) is 66.6 cm³/mol. The Kier molecular flexibility index (Phi) is 6.11. The molecule has 90 valence electrons. The molecule has 0 fully saturated rings. The third-order valence-electron chi connectivity index (χ3n) is 2.26. The molecule has 1 heterocycles. The quantitative estimate of drug-likeness (QED) is 0.745. The minimum atomic E-state index is 0.127. The summed E-state index contributed by atoms with van der Waals surface area (Å²) < 4.78 is 4.93. The molecule has 1 aromatic heterocycles. The first-order valence-electron chi connectivity index (χ1n) is 5.53. The molecule has 3 nitrogen and oxygen atoms in total. The van der Waals surface area contributed by atoms with Crippen LogP contribution in [0.1, 0.15) is 29.0 Å². The number of nitrogens with one attached hydrogen (secondary N) is 1. The van der Waals surface area contributed by atoms with Crippen molar-refractivity contribution in [3.05, 3.63) is 21.9 Å². The molecule has 1 N–H and O–H groups in total. The van der Waals surface area contributed by atoms with Crippen LogP contribution in [-0.4, -0.2) is 19.6 Å². The minimum absolute atomic E-state index is 0.127. The number of aryl methyl sites for hydroxylation is 1. The highest BCUT2D eigenvalue weighted by molar-refractivity contribution is 7.11. The molecule has 0 aliphatic heterocycles. The SMILES string of the molecule is COCCCCC(=O)NCc1ccc(C)s1. The van der Waals surface area contributed by atoms with E-state index in [9.17, 15) is 4.79 Å². The van der Waals surface area contributed by atoms with Crippen LogP contribution in [-0.2, 0) is 16.1 Å². The monoisotopic (exact) mass is 241 g/mol. The zero-order valence-corrected chi connectivity index (χ0v) is 10.7. The zero-order valence-electron chi connectivity index (χ0n) is 9.91. The van der Waals surface area contributed by atoms with Crippen molar-refractivity contribution in [2.45, 2.75) is 32.7 Å². The molecule has 0 atom stereocenters. The summed E-state index contributed by atoms with van der Waals surface area (Å²) in [7, 11) is 1.68. The Balaban J connectivity index is 2.10. The summed E-state index contributed by atoms with van der Waals surface area (Å²) in [6.45, 7) is 3.46. The number of rotatable bonds is 7. The number of ether oxygens (including phenoxy) is 1. The maximum atomic E-state index is 11.4. The fourth-order valence-electron chi connectivity index (χ4n) is 1.39. The van der Waals surface area contributed by atoms with Crippen molar-refractivity contribution in [3.63, 3.8) is 0 Å². The number of thiophene rings is 1. The van der Waals surface area contributed by atoms with Crippen LogP contribution in [0, 0.1) is 6.92 Å². The van der Waals surface area contributed by atoms with Crippen LogP contribution in [0.25, 0.3) is 0 Å². The highest BCUT2D eigenvalue weighted by Gasteiger charge is 2.02. The molecule has 1 aromatic rings. The lowest BCUT2D eigenvalue weighted by molar-refractivity contribution is -0.121. The van der Waals surface area contributed by atoms with Crippen LogP contribution >= 0.6 is 11.3 Å². The second kappa shape index (κ2) is 7.41. The van der Waals surface area contributed by atoms with Gasteiger partial charge < -0.3 is 10.1 Å². The van der Waals surface area contributed by atoms with Gasteiger partial charge in [-0.15, -0.1) is 11.3 Å². The summed E-state index contributed by atoms with van der Waals surface area (Å²) in [6, 6.07) is 4.13. The summed E-state index contributed by atoms with van der Waals surface area (Å²) in [6.07, 6.45) is 2.43. The van der Waals surface area contributed by atoms with E-state index in [0.29, 0.717) is 13.0 Å². The van der Waals surface area contributed by atoms with Gasteiger partial charge in [-0.1, -0.05) is 0 Å². The van der Waals surface area contributed by atoms with Crippen LogP contribution in [0.3, 0.4) is 0 Å². The first-order chi connectivity index (χ1) is 7.72. The number of unbranched alkanes of at least 4 members (excludes halogenated alkanes) is 1. The number of amides is 1. The number of carbonyl (C=O) groups excluding carboxylic acids is 1. The maximum absolute atomic E-state index is 11.4. The Hall–Kier alpha value is -0.870. The van der Waals surface area contributed by atoms with Crippen LogP contribution in [0.15, 0.2) is 12.1 Å². The summed E-state index contributed by atoms with van der Waals surface area (Å²) in [5.74, 6) is 0.127. The lowest BCUT2D eigenvalue weighted by Gasteiger charge is -2.03. The van der Waals surface area contributed by atoms with Crippen molar-refractivity contribution >= 4 is 17.2 Å². The summed E-state index contributed by atoms with van der Waals surface area (Å²) in [5, 5.41) is 2.92. The van der Waals surface area contributed by atoms with Crippen molar-refractivity contribution in [1.29, 1.82) is 0 Å². The Morgan fingerprint density at radius 1 is 1.44 bits per heavy atom. The van der Waals surface area contributed by atoms with Crippen molar-refractivity contribution in [1.82, 2.24) is 5.32 Å². The van der Waals surface area contributed by atoms with E-state index in [0.717, 1.165) is 19.4 Å². The third-order valence-corrected chi connectivity index (χ3v) is 3.26. The molecule has 0 saturated carbocycles. The lowest BCUT2D eigenvalue weighted by Crippen LogP contribution is -2.21. The van der Waals surface area contributed by atoms with E-state index in [1.165, 1.54) is 9.75 Å². The molecule has 0 radical (unpaired) electrons. The molecule has 0 aliphatic carbocycles. The van der Waals surface area contributed by atoms with Crippen molar-refractivity contribution < 1.29 is 9.53 Å². The summed E-state index contributed by atoms with van der Waals surface area (Å²) >= 11 is 1.73. The number of hydrogen-bond donors (Lipinski definition) is 1. The average Bonchev–Trinajstić information content (AvgIpc) is 2.68. The molecule has 0 bridgehead atoms. The van der Waals surface area contributed by atoms with Gasteiger partial charge in [0.05, 0.1) is 6.54 Å². The van der Waals surface area contributed by atoms with Crippen LogP contribution < -0.4 is 5.32 Å². The Bertz CT molecular complexity index is 323. The highest BCUT2D eigenvalue weighted by atomic mass is 32.1. The molecular weight excluding hydrogens is 222 g/mol. The van der Waals surface area contributed by atoms with E-state index in [1.807, 2.05) is 0 Å². The lowest BCUT2D eigenvalue weighted by atomic mass is 10.2. The molecule has 4 heteroatoms. The van der Waals surface area contributed by atoms with Gasteiger partial charge in [0.1, 0.15) is 0 Å². The molecule has 0 aromatic carbocycles. The van der Waals surface area contributed by atoms with Crippen LogP contribution in [0.2, 0.25) is 0 Å². The largest absolute Gasteiger partial charge is 0.385 e. The average molecular weight is 241 g/mol. The Labute approximate surface area is 101 Å². The molecule has 0 aliphatic rings. The van der Waals surface area contributed by atoms with Crippen molar-refractivity contribution in [2.24, 2.45) is 0 Å². The topological polar surface area (TPSA) is 38.3 Å². The predicted octanol–water partition coefficient (Wildman–Crippen LogP) is 2.49. The smallest absolute Gasteiger partial charge is 0.220 e. The van der Waals surface area contributed by atoms with Gasteiger partial charge in [0.15, 0.2) is 0 Å². The molecular formula is C12H19NO2S. The van der Waals surface area contributed by atoms with E-state index < -0.39 is 0 Å². The van der Waals surface area contributed by atoms with E-state index in [-0.39, 0.29) is 5.91 Å². The summed E-state index contributed by atoms with van der Waals surface area (Å²) in [5.41, 5.74) is 0. The standard InChI is InChI=1S/C12H19NO2S/c1-10-6-7-11(16-10)9-13-12(14)5-3-4-8-15-2/h6-7H,3-5,8-9H2,1-2H3,(H,13,14). The van der Waals surface area contributed by atoms with Crippen LogP contribution in [0.5, 0.6) is 0 Å². The van der Waals surface area contributed by atoms with E-state index in [1.54, 1.807) is 18.4 Å². The maximum Gasteiger partial charge on any atom is 0.220 e. The minimum Gasteiger partial charge on any atom is -0.385 e. The summed E-state index contributed by atoms with van der Waals surface area (Å²) in [4.78, 5) is 13.9. The molecule has 0 saturated heterocycles. The fraction of sp³-hybridized carbons (Fsp3) is 0.583. The van der Waals surface area contributed by atoms with E-state index >= 15 is 0 Å². The number of methoxy groups -OCH3 is 1. The van der Waals surface area contributed by atoms with Gasteiger partial charge in [-0.2, -0.15) is 0 Å². The molecule has 0 spiro atoms. The zero-order chi connectivity index (χ0) is 11.8. The van der Waals surface area contributed by atoms with Gasteiger partial charge in [-0.25, -0.2) is 0 Å². The van der Waals surface area contributed by atoms with Gasteiger partial charge in [0.25, 0.3) is 0 Å². The van der Waals surface area contributed by atoms with Gasteiger partial charge >= 0.3 is 0 Å². The van der Waals surface area contributed by atoms with E-state index in [2.05, 4.69) is 24.4 Å². The van der Waals surface area contributed by atoms with Gasteiger partial charge in [0.2, 0.25) is 5.91 Å². The van der Waals surface area contributed by atoms with Crippen molar-refractivity contribution in [2.75, 3.05) is 13.7 Å². The van der Waals surface area contributed by atoms with Crippen molar-refractivity contribution in [3.8, 4) is 0 Å². The first-order valence-corrected chi connectivity index (χ1v) is 6.35. The molecule has 16 heavy (non-hydrogen) atoms. The number of hydrogen-bond acceptors (Lipinski definition) is 3. The second-order valence-electron chi connectivity index (χ2n) is 3.74. The Morgan fingerprint density at radius 2 is 2.25 bits per heavy atom. The van der Waals surface area contributed by atoms with Crippen LogP contribution in [0.4, 0.5) is 0 Å². The third kappa shape index (κ3) is 5.28. The van der Waals surface area contributed by atoms with Gasteiger partial charge in [0, 0.05) is 29.9 Å². The van der Waals surface area contributed by atoms with Gasteiger partial charge in [-0.05, 0) is 31.9 Å². The number of carbonyl (C=O) groups is 1. The second-order valence-corrected chi connectivity index (χ2v) is 5.11. The first kappa shape index (κ1) is 13.2. The molecule has 1 amide bonds. The molecule has 1 rings (SSSR count). The highest BCUT2D eigenvalue weighted by Crippen LogP contribution is 2.14. The normalized spacial score (nSPS) is 10.4.